The van der Waals surface area contributed by atoms with Gasteiger partial charge in [-0.1, -0.05) is 18.2 Å². The second-order valence-corrected chi connectivity index (χ2v) is 7.46. The second-order valence-electron chi connectivity index (χ2n) is 7.46. The van der Waals surface area contributed by atoms with E-state index in [-0.39, 0.29) is 17.9 Å². The van der Waals surface area contributed by atoms with E-state index in [1.54, 1.807) is 11.1 Å². The third-order valence-electron chi connectivity index (χ3n) is 5.52. The molecule has 0 radical (unpaired) electrons. The van der Waals surface area contributed by atoms with E-state index in [2.05, 4.69) is 9.97 Å². The van der Waals surface area contributed by atoms with Crippen LogP contribution in [-0.2, 0) is 4.74 Å². The first kappa shape index (κ1) is 17.2. The number of fused-ring (bicyclic) bond motifs is 1. The Morgan fingerprint density at radius 1 is 1.29 bits per heavy atom. The molecule has 1 atom stereocenters. The molecule has 0 saturated carbocycles. The molecule has 3 aromatic rings. The van der Waals surface area contributed by atoms with Crippen LogP contribution in [0.5, 0.6) is 5.88 Å². The quantitative estimate of drug-likeness (QED) is 0.757. The number of nitrogens with zero attached hydrogens (tertiary/aromatic N) is 2. The number of aromatic amines is 1. The zero-order valence-electron chi connectivity index (χ0n) is 15.2. The Balaban J connectivity index is 1.26. The molecule has 28 heavy (non-hydrogen) atoms. The molecular weight excluding hydrogens is 361 g/mol. The van der Waals surface area contributed by atoms with Crippen molar-refractivity contribution in [2.24, 2.45) is 0 Å². The highest BCUT2D eigenvalue weighted by atomic mass is 19.1. The number of amides is 1. The molecule has 0 bridgehead atoms. The van der Waals surface area contributed by atoms with Crippen molar-refractivity contribution in [3.63, 3.8) is 0 Å². The van der Waals surface area contributed by atoms with Crippen LogP contribution in [0.1, 0.15) is 23.2 Å². The van der Waals surface area contributed by atoms with Crippen LogP contribution in [0.15, 0.2) is 48.8 Å². The Kier molecular flexibility index (Phi) is 4.05. The standard InChI is InChI=1S/C21H20FN3O3/c22-17-5-3-8-23-19(17)28-14-7-9-27-21(10-14)12-25(13-21)20(26)16-11-24-18-6-2-1-4-15(16)18/h1-6,8,11,14,24H,7,9-10,12-13H2. The largest absolute Gasteiger partial charge is 0.472 e. The third-order valence-corrected chi connectivity index (χ3v) is 5.52. The lowest BCUT2D eigenvalue weighted by Gasteiger charge is -2.52. The maximum Gasteiger partial charge on any atom is 0.256 e. The number of H-pyrrole nitrogens is 1. The van der Waals surface area contributed by atoms with E-state index in [4.69, 9.17) is 9.47 Å². The second kappa shape index (κ2) is 6.60. The number of ether oxygens (including phenoxy) is 2. The minimum Gasteiger partial charge on any atom is -0.472 e. The number of para-hydroxylation sites is 1. The van der Waals surface area contributed by atoms with Gasteiger partial charge in [-0.3, -0.25) is 4.79 Å². The van der Waals surface area contributed by atoms with Gasteiger partial charge in [0.25, 0.3) is 11.8 Å². The lowest BCUT2D eigenvalue weighted by Crippen LogP contribution is -2.67. The molecule has 2 aliphatic heterocycles. The van der Waals surface area contributed by atoms with Crippen molar-refractivity contribution in [2.75, 3.05) is 19.7 Å². The van der Waals surface area contributed by atoms with E-state index in [9.17, 15) is 9.18 Å². The molecule has 1 amide bonds. The maximum absolute atomic E-state index is 13.8. The molecule has 2 fully saturated rings. The number of benzene rings is 1. The fourth-order valence-corrected chi connectivity index (χ4v) is 4.13. The summed E-state index contributed by atoms with van der Waals surface area (Å²) >= 11 is 0. The van der Waals surface area contributed by atoms with Gasteiger partial charge in [0, 0.05) is 36.1 Å². The first-order valence-corrected chi connectivity index (χ1v) is 9.40. The summed E-state index contributed by atoms with van der Waals surface area (Å²) in [5.41, 5.74) is 1.20. The van der Waals surface area contributed by atoms with Gasteiger partial charge >= 0.3 is 0 Å². The number of carbonyl (C=O) groups is 1. The number of hydrogen-bond donors (Lipinski definition) is 1. The molecule has 2 aromatic heterocycles. The van der Waals surface area contributed by atoms with Crippen LogP contribution in [-0.4, -0.2) is 52.2 Å². The maximum atomic E-state index is 13.8. The molecule has 1 N–H and O–H groups in total. The summed E-state index contributed by atoms with van der Waals surface area (Å²) in [7, 11) is 0. The van der Waals surface area contributed by atoms with Crippen molar-refractivity contribution in [3.8, 4) is 5.88 Å². The Morgan fingerprint density at radius 2 is 2.14 bits per heavy atom. The van der Waals surface area contributed by atoms with Crippen LogP contribution >= 0.6 is 0 Å². The fraction of sp³-hybridized carbons (Fsp3) is 0.333. The number of pyridine rings is 1. The zero-order chi connectivity index (χ0) is 19.1. The number of nitrogens with one attached hydrogen (secondary N) is 1. The number of hydrogen-bond acceptors (Lipinski definition) is 4. The Morgan fingerprint density at radius 3 is 3.00 bits per heavy atom. The molecule has 1 unspecified atom stereocenters. The van der Waals surface area contributed by atoms with Crippen molar-refractivity contribution in [2.45, 2.75) is 24.5 Å². The van der Waals surface area contributed by atoms with E-state index in [0.717, 1.165) is 10.9 Å². The Bertz CT molecular complexity index is 1030. The van der Waals surface area contributed by atoms with Crippen LogP contribution in [0.2, 0.25) is 0 Å². The van der Waals surface area contributed by atoms with E-state index in [1.807, 2.05) is 24.3 Å². The molecule has 0 aliphatic carbocycles. The van der Waals surface area contributed by atoms with Gasteiger partial charge < -0.3 is 19.4 Å². The lowest BCUT2D eigenvalue weighted by atomic mass is 9.84. The minimum absolute atomic E-state index is 0.00881. The lowest BCUT2D eigenvalue weighted by molar-refractivity contribution is -0.174. The van der Waals surface area contributed by atoms with Crippen LogP contribution in [0.3, 0.4) is 0 Å². The summed E-state index contributed by atoms with van der Waals surface area (Å²) in [4.78, 5) is 21.8. The van der Waals surface area contributed by atoms with Crippen molar-refractivity contribution >= 4 is 16.8 Å². The van der Waals surface area contributed by atoms with Crippen LogP contribution in [0.4, 0.5) is 4.39 Å². The van der Waals surface area contributed by atoms with E-state index in [0.29, 0.717) is 38.1 Å². The van der Waals surface area contributed by atoms with Crippen molar-refractivity contribution in [1.29, 1.82) is 0 Å². The average molecular weight is 381 g/mol. The molecule has 1 aromatic carbocycles. The van der Waals surface area contributed by atoms with Crippen LogP contribution in [0, 0.1) is 5.82 Å². The highest BCUT2D eigenvalue weighted by Gasteiger charge is 2.50. The van der Waals surface area contributed by atoms with Crippen molar-refractivity contribution < 1.29 is 18.7 Å². The van der Waals surface area contributed by atoms with Gasteiger partial charge in [0.05, 0.1) is 25.3 Å². The number of rotatable bonds is 3. The monoisotopic (exact) mass is 381 g/mol. The van der Waals surface area contributed by atoms with E-state index >= 15 is 0 Å². The molecule has 7 heteroatoms. The smallest absolute Gasteiger partial charge is 0.256 e. The highest BCUT2D eigenvalue weighted by Crippen LogP contribution is 2.37. The number of halogens is 1. The summed E-state index contributed by atoms with van der Waals surface area (Å²) in [6.45, 7) is 1.54. The van der Waals surface area contributed by atoms with E-state index < -0.39 is 11.4 Å². The molecule has 144 valence electrons. The summed E-state index contributed by atoms with van der Waals surface area (Å²) in [6.07, 6.45) is 4.38. The predicted octanol–water partition coefficient (Wildman–Crippen LogP) is 3.15. The number of carbonyl (C=O) groups excluding carboxylic acids is 1. The predicted molar refractivity (Wildman–Crippen MR) is 101 cm³/mol. The van der Waals surface area contributed by atoms with Crippen LogP contribution in [0.25, 0.3) is 10.9 Å². The highest BCUT2D eigenvalue weighted by molar-refractivity contribution is 6.07. The zero-order valence-corrected chi connectivity index (χ0v) is 15.2. The van der Waals surface area contributed by atoms with Gasteiger partial charge in [-0.05, 0) is 18.2 Å². The van der Waals surface area contributed by atoms with Gasteiger partial charge in [-0.2, -0.15) is 0 Å². The third kappa shape index (κ3) is 2.92. The van der Waals surface area contributed by atoms with Gasteiger partial charge in [-0.25, -0.2) is 9.37 Å². The average Bonchev–Trinajstić information content (AvgIpc) is 3.12. The Labute approximate surface area is 161 Å². The number of aromatic nitrogens is 2. The molecular formula is C21H20FN3O3. The van der Waals surface area contributed by atoms with Crippen molar-refractivity contribution in [3.05, 3.63) is 60.2 Å². The number of likely N-dealkylation sites (tertiary alicyclic amines) is 1. The first-order valence-electron chi connectivity index (χ1n) is 9.40. The minimum atomic E-state index is -0.465. The topological polar surface area (TPSA) is 67.5 Å². The molecule has 1 spiro atoms. The molecule has 4 heterocycles. The Hall–Kier alpha value is -2.93. The van der Waals surface area contributed by atoms with Gasteiger partial charge in [0.15, 0.2) is 5.82 Å². The molecule has 5 rings (SSSR count). The molecule has 2 aliphatic rings. The molecule has 2 saturated heterocycles. The summed E-state index contributed by atoms with van der Waals surface area (Å²) in [5, 5.41) is 0.921. The van der Waals surface area contributed by atoms with E-state index in [1.165, 1.54) is 18.3 Å². The normalized spacial score (nSPS) is 20.9. The van der Waals surface area contributed by atoms with Crippen LogP contribution < -0.4 is 4.74 Å². The molecule has 6 nitrogen and oxygen atoms in total. The first-order chi connectivity index (χ1) is 13.6. The van der Waals surface area contributed by atoms with Gasteiger partial charge in [-0.15, -0.1) is 0 Å². The van der Waals surface area contributed by atoms with Gasteiger partial charge in [0.1, 0.15) is 11.7 Å². The summed E-state index contributed by atoms with van der Waals surface area (Å²) in [6, 6.07) is 10.6. The summed E-state index contributed by atoms with van der Waals surface area (Å²) < 4.78 is 25.6. The fourth-order valence-electron chi connectivity index (χ4n) is 4.13. The SMILES string of the molecule is O=C(c1c[nH]c2ccccc12)N1CC2(CC(Oc3ncccc3F)CCO2)C1. The van der Waals surface area contributed by atoms with Crippen molar-refractivity contribution in [1.82, 2.24) is 14.9 Å². The summed E-state index contributed by atoms with van der Waals surface area (Å²) in [5.74, 6) is -0.450. The van der Waals surface area contributed by atoms with Gasteiger partial charge in [0.2, 0.25) is 0 Å².